The standard InChI is InChI=1S/C16H25FN2O/c1-3-9-19(11-14-5-4-8-18-14)12(2)15-7-6-13(17)10-16(15)20/h6-7,10,12,14,18,20H,3-5,8-9,11H2,1-2H3. The van der Waals surface area contributed by atoms with Crippen molar-refractivity contribution in [1.29, 1.82) is 0 Å². The van der Waals surface area contributed by atoms with Gasteiger partial charge in [0.05, 0.1) is 0 Å². The zero-order chi connectivity index (χ0) is 14.5. The lowest BCUT2D eigenvalue weighted by molar-refractivity contribution is 0.189. The summed E-state index contributed by atoms with van der Waals surface area (Å²) in [5.41, 5.74) is 0.804. The Bertz CT molecular complexity index is 432. The average molecular weight is 280 g/mol. The number of rotatable bonds is 6. The summed E-state index contributed by atoms with van der Waals surface area (Å²) in [6.45, 7) is 7.30. The van der Waals surface area contributed by atoms with E-state index in [4.69, 9.17) is 0 Å². The predicted octanol–water partition coefficient (Wildman–Crippen LogP) is 3.06. The summed E-state index contributed by atoms with van der Waals surface area (Å²) < 4.78 is 13.1. The van der Waals surface area contributed by atoms with Crippen LogP contribution < -0.4 is 5.32 Å². The minimum Gasteiger partial charge on any atom is -0.508 e. The van der Waals surface area contributed by atoms with Gasteiger partial charge in [-0.1, -0.05) is 13.0 Å². The van der Waals surface area contributed by atoms with Crippen molar-refractivity contribution in [3.05, 3.63) is 29.6 Å². The Hall–Kier alpha value is -1.13. The molecule has 1 aromatic rings. The number of hydrogen-bond acceptors (Lipinski definition) is 3. The van der Waals surface area contributed by atoms with Crippen LogP contribution >= 0.6 is 0 Å². The van der Waals surface area contributed by atoms with Gasteiger partial charge in [-0.25, -0.2) is 4.39 Å². The fourth-order valence-corrected chi connectivity index (χ4v) is 2.99. The second-order valence-electron chi connectivity index (χ2n) is 5.67. The predicted molar refractivity (Wildman–Crippen MR) is 79.4 cm³/mol. The van der Waals surface area contributed by atoms with Gasteiger partial charge >= 0.3 is 0 Å². The van der Waals surface area contributed by atoms with Gasteiger partial charge in [-0.3, -0.25) is 4.90 Å². The average Bonchev–Trinajstić information content (AvgIpc) is 2.90. The third-order valence-corrected chi connectivity index (χ3v) is 4.12. The lowest BCUT2D eigenvalue weighted by Gasteiger charge is -2.31. The molecule has 0 amide bonds. The first-order chi connectivity index (χ1) is 9.61. The van der Waals surface area contributed by atoms with Gasteiger partial charge in [-0.2, -0.15) is 0 Å². The summed E-state index contributed by atoms with van der Waals surface area (Å²) >= 11 is 0. The van der Waals surface area contributed by atoms with Crippen LogP contribution in [0.4, 0.5) is 4.39 Å². The number of halogens is 1. The van der Waals surface area contributed by atoms with E-state index >= 15 is 0 Å². The molecule has 4 heteroatoms. The first-order valence-electron chi connectivity index (χ1n) is 7.57. The van der Waals surface area contributed by atoms with Crippen LogP contribution in [0.3, 0.4) is 0 Å². The summed E-state index contributed by atoms with van der Waals surface area (Å²) in [4.78, 5) is 2.37. The number of phenolic OH excluding ortho intramolecular Hbond substituents is 1. The molecule has 1 fully saturated rings. The molecule has 2 atom stereocenters. The molecule has 0 aliphatic carbocycles. The Kier molecular flexibility index (Phi) is 5.38. The molecule has 1 aliphatic rings. The Morgan fingerprint density at radius 3 is 2.90 bits per heavy atom. The van der Waals surface area contributed by atoms with Crippen molar-refractivity contribution in [3.63, 3.8) is 0 Å². The molecule has 0 saturated carbocycles. The molecule has 1 heterocycles. The second-order valence-corrected chi connectivity index (χ2v) is 5.67. The molecule has 0 bridgehead atoms. The molecule has 20 heavy (non-hydrogen) atoms. The Balaban J connectivity index is 2.10. The molecule has 1 saturated heterocycles. The van der Waals surface area contributed by atoms with Gasteiger partial charge in [0, 0.05) is 30.3 Å². The van der Waals surface area contributed by atoms with Crippen LogP contribution in [-0.2, 0) is 0 Å². The van der Waals surface area contributed by atoms with Crippen molar-refractivity contribution in [2.75, 3.05) is 19.6 Å². The maximum Gasteiger partial charge on any atom is 0.126 e. The van der Waals surface area contributed by atoms with E-state index in [0.29, 0.717) is 6.04 Å². The molecule has 2 unspecified atom stereocenters. The number of phenols is 1. The van der Waals surface area contributed by atoms with E-state index < -0.39 is 5.82 Å². The largest absolute Gasteiger partial charge is 0.508 e. The fourth-order valence-electron chi connectivity index (χ4n) is 2.99. The molecule has 2 N–H and O–H groups in total. The highest BCUT2D eigenvalue weighted by molar-refractivity contribution is 5.35. The summed E-state index contributed by atoms with van der Waals surface area (Å²) in [6, 6.07) is 4.94. The van der Waals surface area contributed by atoms with E-state index in [-0.39, 0.29) is 11.8 Å². The van der Waals surface area contributed by atoms with Gasteiger partial charge in [0.1, 0.15) is 11.6 Å². The summed E-state index contributed by atoms with van der Waals surface area (Å²) in [5.74, 6) is -0.337. The smallest absolute Gasteiger partial charge is 0.126 e. The van der Waals surface area contributed by atoms with Crippen molar-refractivity contribution in [2.45, 2.75) is 45.2 Å². The van der Waals surface area contributed by atoms with Crippen LogP contribution in [0.15, 0.2) is 18.2 Å². The van der Waals surface area contributed by atoms with Crippen molar-refractivity contribution in [1.82, 2.24) is 10.2 Å². The van der Waals surface area contributed by atoms with E-state index in [0.717, 1.165) is 31.6 Å². The van der Waals surface area contributed by atoms with Crippen molar-refractivity contribution < 1.29 is 9.50 Å². The minimum atomic E-state index is -0.391. The van der Waals surface area contributed by atoms with E-state index in [1.165, 1.54) is 25.0 Å². The number of aromatic hydroxyl groups is 1. The molecule has 0 radical (unpaired) electrons. The Labute approximate surface area is 120 Å². The molecule has 112 valence electrons. The topological polar surface area (TPSA) is 35.5 Å². The van der Waals surface area contributed by atoms with Crippen LogP contribution in [0.5, 0.6) is 5.75 Å². The van der Waals surface area contributed by atoms with Crippen molar-refractivity contribution in [2.24, 2.45) is 0 Å². The SMILES string of the molecule is CCCN(CC1CCCN1)C(C)c1ccc(F)cc1O. The number of nitrogens with one attached hydrogen (secondary N) is 1. The van der Waals surface area contributed by atoms with Crippen LogP contribution in [0, 0.1) is 5.82 Å². The minimum absolute atomic E-state index is 0.0537. The Morgan fingerprint density at radius 2 is 2.30 bits per heavy atom. The molecule has 1 aliphatic heterocycles. The van der Waals surface area contributed by atoms with Crippen LogP contribution in [0.25, 0.3) is 0 Å². The van der Waals surface area contributed by atoms with Gasteiger partial charge in [-0.05, 0) is 45.3 Å². The molecular weight excluding hydrogens is 255 g/mol. The third-order valence-electron chi connectivity index (χ3n) is 4.12. The number of hydrogen-bond donors (Lipinski definition) is 2. The maximum atomic E-state index is 13.1. The van der Waals surface area contributed by atoms with E-state index in [1.54, 1.807) is 6.07 Å². The summed E-state index contributed by atoms with van der Waals surface area (Å²) in [6.07, 6.45) is 3.52. The van der Waals surface area contributed by atoms with E-state index in [1.807, 2.05) is 0 Å². The van der Waals surface area contributed by atoms with Gasteiger partial charge in [0.15, 0.2) is 0 Å². The lowest BCUT2D eigenvalue weighted by Crippen LogP contribution is -2.39. The quantitative estimate of drug-likeness (QED) is 0.840. The fraction of sp³-hybridized carbons (Fsp3) is 0.625. The van der Waals surface area contributed by atoms with E-state index in [9.17, 15) is 9.50 Å². The van der Waals surface area contributed by atoms with Crippen molar-refractivity contribution in [3.8, 4) is 5.75 Å². The van der Waals surface area contributed by atoms with Gasteiger partial charge in [0.25, 0.3) is 0 Å². The van der Waals surface area contributed by atoms with Crippen LogP contribution in [-0.4, -0.2) is 35.7 Å². The van der Waals surface area contributed by atoms with E-state index in [2.05, 4.69) is 24.1 Å². The highest BCUT2D eigenvalue weighted by Gasteiger charge is 2.23. The molecule has 2 rings (SSSR count). The second kappa shape index (κ2) is 7.04. The van der Waals surface area contributed by atoms with Crippen LogP contribution in [0.2, 0.25) is 0 Å². The highest BCUT2D eigenvalue weighted by Crippen LogP contribution is 2.29. The first-order valence-corrected chi connectivity index (χ1v) is 7.57. The maximum absolute atomic E-state index is 13.1. The number of nitrogens with zero attached hydrogens (tertiary/aromatic N) is 1. The highest BCUT2D eigenvalue weighted by atomic mass is 19.1. The molecule has 1 aromatic carbocycles. The van der Waals surface area contributed by atoms with Crippen molar-refractivity contribution >= 4 is 0 Å². The molecule has 0 spiro atoms. The monoisotopic (exact) mass is 280 g/mol. The molecule has 0 aromatic heterocycles. The zero-order valence-corrected chi connectivity index (χ0v) is 12.4. The Morgan fingerprint density at radius 1 is 1.50 bits per heavy atom. The normalized spacial score (nSPS) is 20.5. The third kappa shape index (κ3) is 3.70. The van der Waals surface area contributed by atoms with Gasteiger partial charge in [-0.15, -0.1) is 0 Å². The zero-order valence-electron chi connectivity index (χ0n) is 12.4. The summed E-state index contributed by atoms with van der Waals surface area (Å²) in [7, 11) is 0. The number of benzene rings is 1. The van der Waals surface area contributed by atoms with Gasteiger partial charge < -0.3 is 10.4 Å². The molecular formula is C16H25FN2O. The lowest BCUT2D eigenvalue weighted by atomic mass is 10.0. The first kappa shape index (κ1) is 15.3. The van der Waals surface area contributed by atoms with Crippen LogP contribution in [0.1, 0.15) is 44.7 Å². The molecule has 3 nitrogen and oxygen atoms in total. The summed E-state index contributed by atoms with van der Waals surface area (Å²) in [5, 5.41) is 13.5. The van der Waals surface area contributed by atoms with Gasteiger partial charge in [0.2, 0.25) is 0 Å².